The Hall–Kier alpha value is -1.32. The average molecular weight is 260 g/mol. The van der Waals surface area contributed by atoms with Crippen LogP contribution in [0.25, 0.3) is 11.0 Å². The minimum atomic E-state index is 0.207. The molecule has 0 radical (unpaired) electrons. The van der Waals surface area contributed by atoms with E-state index in [0.29, 0.717) is 12.6 Å². The van der Waals surface area contributed by atoms with Crippen molar-refractivity contribution >= 4 is 11.0 Å². The summed E-state index contributed by atoms with van der Waals surface area (Å²) in [5, 5.41) is 1.19. The first-order valence-electron chi connectivity index (χ1n) is 7.00. The van der Waals surface area contributed by atoms with Crippen molar-refractivity contribution in [1.82, 2.24) is 4.90 Å². The number of hydrogen-bond donors (Lipinski definition) is 1. The summed E-state index contributed by atoms with van der Waals surface area (Å²) in [6, 6.07) is 8.90. The highest BCUT2D eigenvalue weighted by Gasteiger charge is 2.25. The first-order chi connectivity index (χ1) is 9.10. The van der Waals surface area contributed by atoms with E-state index in [1.807, 2.05) is 19.1 Å². The quantitative estimate of drug-likeness (QED) is 0.895. The largest absolute Gasteiger partial charge is 0.461 e. The molecule has 0 saturated heterocycles. The molecule has 1 aromatic carbocycles. The van der Waals surface area contributed by atoms with Crippen molar-refractivity contribution in [3.63, 3.8) is 0 Å². The molecule has 3 heteroatoms. The molecule has 0 aliphatic rings. The van der Waals surface area contributed by atoms with Crippen LogP contribution in [0.15, 0.2) is 28.7 Å². The van der Waals surface area contributed by atoms with Crippen LogP contribution in [-0.2, 0) is 0 Å². The number of benzene rings is 1. The predicted molar refractivity (Wildman–Crippen MR) is 80.3 cm³/mol. The lowest BCUT2D eigenvalue weighted by molar-refractivity contribution is 0.184. The Kier molecular flexibility index (Phi) is 4.27. The van der Waals surface area contributed by atoms with Crippen LogP contribution in [0.2, 0.25) is 0 Å². The van der Waals surface area contributed by atoms with Crippen LogP contribution in [0.5, 0.6) is 0 Å². The lowest BCUT2D eigenvalue weighted by atomic mass is 10.00. The third-order valence-electron chi connectivity index (χ3n) is 4.15. The number of nitrogens with zero attached hydrogens (tertiary/aromatic N) is 1. The number of rotatable bonds is 5. The molecule has 0 aliphatic carbocycles. The van der Waals surface area contributed by atoms with Crippen LogP contribution in [0.1, 0.15) is 37.6 Å². The molecule has 1 aromatic heterocycles. The average Bonchev–Trinajstić information content (AvgIpc) is 2.75. The Morgan fingerprint density at radius 2 is 2.00 bits per heavy atom. The second kappa shape index (κ2) is 5.76. The van der Waals surface area contributed by atoms with Gasteiger partial charge in [0.1, 0.15) is 11.3 Å². The first kappa shape index (κ1) is 14.1. The van der Waals surface area contributed by atoms with Crippen molar-refractivity contribution in [2.75, 3.05) is 13.6 Å². The van der Waals surface area contributed by atoms with Gasteiger partial charge in [0.05, 0.1) is 6.04 Å². The van der Waals surface area contributed by atoms with Gasteiger partial charge in [0.25, 0.3) is 0 Å². The fraction of sp³-hybridized carbons (Fsp3) is 0.500. The van der Waals surface area contributed by atoms with Crippen molar-refractivity contribution in [2.24, 2.45) is 5.73 Å². The van der Waals surface area contributed by atoms with Crippen molar-refractivity contribution in [1.29, 1.82) is 0 Å². The summed E-state index contributed by atoms with van der Waals surface area (Å²) in [6.45, 7) is 7.07. The lowest BCUT2D eigenvalue weighted by Gasteiger charge is -2.32. The molecule has 2 rings (SSSR count). The molecule has 3 nitrogen and oxygen atoms in total. The lowest BCUT2D eigenvalue weighted by Crippen LogP contribution is -2.36. The molecule has 0 spiro atoms. The maximum absolute atomic E-state index is 6.03. The predicted octanol–water partition coefficient (Wildman–Crippen LogP) is 3.47. The normalized spacial score (nSPS) is 15.1. The second-order valence-corrected chi connectivity index (χ2v) is 5.24. The summed E-state index contributed by atoms with van der Waals surface area (Å²) in [7, 11) is 2.15. The fourth-order valence-electron chi connectivity index (χ4n) is 2.68. The Morgan fingerprint density at radius 3 is 2.63 bits per heavy atom. The van der Waals surface area contributed by atoms with Gasteiger partial charge in [-0.25, -0.2) is 0 Å². The highest BCUT2D eigenvalue weighted by Crippen LogP contribution is 2.33. The van der Waals surface area contributed by atoms with Crippen molar-refractivity contribution in [3.05, 3.63) is 35.6 Å². The third kappa shape index (κ3) is 2.53. The molecule has 0 aliphatic heterocycles. The van der Waals surface area contributed by atoms with E-state index in [9.17, 15) is 0 Å². The molecule has 2 atom stereocenters. The molecule has 2 N–H and O–H groups in total. The Bertz CT molecular complexity index is 547. The summed E-state index contributed by atoms with van der Waals surface area (Å²) in [4.78, 5) is 2.35. The maximum atomic E-state index is 6.03. The van der Waals surface area contributed by atoms with Gasteiger partial charge < -0.3 is 10.2 Å². The van der Waals surface area contributed by atoms with Crippen LogP contribution >= 0.6 is 0 Å². The SMILES string of the molecule is CCC(C)N(C)C(CN)c1c(C)oc2ccccc12. The number of furan rings is 1. The van der Waals surface area contributed by atoms with E-state index in [-0.39, 0.29) is 6.04 Å². The minimum absolute atomic E-state index is 0.207. The first-order valence-corrected chi connectivity index (χ1v) is 7.00. The molecule has 1 heterocycles. The summed E-state index contributed by atoms with van der Waals surface area (Å²) < 4.78 is 5.86. The van der Waals surface area contributed by atoms with Gasteiger partial charge in [-0.2, -0.15) is 0 Å². The number of para-hydroxylation sites is 1. The molecular formula is C16H24N2O. The standard InChI is InChI=1S/C16H24N2O/c1-5-11(2)18(4)14(10-17)16-12(3)19-15-9-7-6-8-13(15)16/h6-9,11,14H,5,10,17H2,1-4H3. The summed E-state index contributed by atoms with van der Waals surface area (Å²) >= 11 is 0. The van der Waals surface area contributed by atoms with Crippen molar-refractivity contribution in [3.8, 4) is 0 Å². The van der Waals surface area contributed by atoms with Gasteiger partial charge in [-0.3, -0.25) is 4.90 Å². The van der Waals surface area contributed by atoms with Crippen LogP contribution < -0.4 is 5.73 Å². The van der Waals surface area contributed by atoms with Gasteiger partial charge >= 0.3 is 0 Å². The van der Waals surface area contributed by atoms with E-state index < -0.39 is 0 Å². The molecule has 19 heavy (non-hydrogen) atoms. The van der Waals surface area contributed by atoms with Crippen LogP contribution in [0.4, 0.5) is 0 Å². The Balaban J connectivity index is 2.48. The van der Waals surface area contributed by atoms with Gasteiger partial charge in [-0.15, -0.1) is 0 Å². The topological polar surface area (TPSA) is 42.4 Å². The molecule has 2 aromatic rings. The number of aryl methyl sites for hydroxylation is 1. The van der Waals surface area contributed by atoms with Gasteiger partial charge in [-0.05, 0) is 33.4 Å². The monoisotopic (exact) mass is 260 g/mol. The highest BCUT2D eigenvalue weighted by atomic mass is 16.3. The molecule has 0 fully saturated rings. The van der Waals surface area contributed by atoms with E-state index in [0.717, 1.165) is 17.8 Å². The molecule has 2 unspecified atom stereocenters. The molecule has 0 bridgehead atoms. The Labute approximate surface area is 115 Å². The maximum Gasteiger partial charge on any atom is 0.134 e. The van der Waals surface area contributed by atoms with Gasteiger partial charge in [0.15, 0.2) is 0 Å². The summed E-state index contributed by atoms with van der Waals surface area (Å²) in [6.07, 6.45) is 1.11. The molecule has 0 saturated carbocycles. The van der Waals surface area contributed by atoms with Crippen molar-refractivity contribution in [2.45, 2.75) is 39.3 Å². The summed E-state index contributed by atoms with van der Waals surface area (Å²) in [5.74, 6) is 0.979. The van der Waals surface area contributed by atoms with Crippen LogP contribution in [0.3, 0.4) is 0 Å². The van der Waals surface area contributed by atoms with Crippen LogP contribution in [-0.4, -0.2) is 24.5 Å². The zero-order valence-corrected chi connectivity index (χ0v) is 12.3. The van der Waals surface area contributed by atoms with Crippen LogP contribution in [0, 0.1) is 6.92 Å². The minimum Gasteiger partial charge on any atom is -0.461 e. The van der Waals surface area contributed by atoms with Gasteiger partial charge in [0.2, 0.25) is 0 Å². The highest BCUT2D eigenvalue weighted by molar-refractivity contribution is 5.82. The summed E-state index contributed by atoms with van der Waals surface area (Å²) in [5.41, 5.74) is 8.22. The molecule has 104 valence electrons. The fourth-order valence-corrected chi connectivity index (χ4v) is 2.68. The second-order valence-electron chi connectivity index (χ2n) is 5.24. The van der Waals surface area contributed by atoms with E-state index in [2.05, 4.69) is 37.9 Å². The van der Waals surface area contributed by atoms with E-state index >= 15 is 0 Å². The number of nitrogens with two attached hydrogens (primary N) is 1. The van der Waals surface area contributed by atoms with E-state index in [4.69, 9.17) is 10.2 Å². The molecular weight excluding hydrogens is 236 g/mol. The van der Waals surface area contributed by atoms with Gasteiger partial charge in [-0.1, -0.05) is 25.1 Å². The zero-order valence-electron chi connectivity index (χ0n) is 12.3. The van der Waals surface area contributed by atoms with Gasteiger partial charge in [0, 0.05) is 23.5 Å². The zero-order chi connectivity index (χ0) is 14.0. The molecule has 0 amide bonds. The third-order valence-corrected chi connectivity index (χ3v) is 4.15. The number of fused-ring (bicyclic) bond motifs is 1. The van der Waals surface area contributed by atoms with E-state index in [1.165, 1.54) is 10.9 Å². The smallest absolute Gasteiger partial charge is 0.134 e. The van der Waals surface area contributed by atoms with Crippen molar-refractivity contribution < 1.29 is 4.42 Å². The Morgan fingerprint density at radius 1 is 1.32 bits per heavy atom. The number of hydrogen-bond acceptors (Lipinski definition) is 3. The number of likely N-dealkylation sites (N-methyl/N-ethyl adjacent to an activating group) is 1. The van der Waals surface area contributed by atoms with E-state index in [1.54, 1.807) is 0 Å².